The fourth-order valence-corrected chi connectivity index (χ4v) is 5.00. The number of halogens is 1. The van der Waals surface area contributed by atoms with Crippen molar-refractivity contribution in [1.82, 2.24) is 19.4 Å². The van der Waals surface area contributed by atoms with Crippen molar-refractivity contribution in [1.29, 1.82) is 0 Å². The Bertz CT molecular complexity index is 1410. The van der Waals surface area contributed by atoms with Gasteiger partial charge in [-0.25, -0.2) is 9.37 Å². The zero-order chi connectivity index (χ0) is 23.7. The van der Waals surface area contributed by atoms with Gasteiger partial charge >= 0.3 is 0 Å². The van der Waals surface area contributed by atoms with Crippen LogP contribution >= 0.6 is 11.3 Å². The first kappa shape index (κ1) is 22.0. The topological polar surface area (TPSA) is 75.5 Å². The average molecular weight is 477 g/mol. The number of carbonyl (C=O) groups is 2. The molecular formula is C25H21FN4O3S. The lowest BCUT2D eigenvalue weighted by Crippen LogP contribution is -2.51. The molecule has 7 nitrogen and oxygen atoms in total. The fraction of sp³-hybridized carbons (Fsp3) is 0.200. The van der Waals surface area contributed by atoms with E-state index in [0.717, 1.165) is 5.56 Å². The van der Waals surface area contributed by atoms with Crippen LogP contribution in [0.5, 0.6) is 0 Å². The normalized spacial score (nSPS) is 13.9. The Balaban J connectivity index is 1.30. The number of rotatable bonds is 4. The standard InChI is InChI=1S/C25H21FN4O3S/c26-19-8-6-17(7-9-19)20-15-34-23-22(20)25(33)30(16-27-23)14-21(31)28-10-12-29(13-11-28)24(32)18-4-2-1-3-5-18/h1-9,15-16H,10-14H2. The van der Waals surface area contributed by atoms with Gasteiger partial charge in [-0.2, -0.15) is 0 Å². The van der Waals surface area contributed by atoms with E-state index < -0.39 is 0 Å². The van der Waals surface area contributed by atoms with Crippen LogP contribution in [0, 0.1) is 5.82 Å². The minimum Gasteiger partial charge on any atom is -0.338 e. The highest BCUT2D eigenvalue weighted by Crippen LogP contribution is 2.30. The molecule has 0 saturated carbocycles. The zero-order valence-electron chi connectivity index (χ0n) is 18.2. The van der Waals surface area contributed by atoms with Gasteiger partial charge in [-0.05, 0) is 29.8 Å². The second kappa shape index (κ2) is 9.18. The molecule has 1 saturated heterocycles. The van der Waals surface area contributed by atoms with Gasteiger partial charge in [-0.15, -0.1) is 11.3 Å². The highest BCUT2D eigenvalue weighted by Gasteiger charge is 2.25. The number of piperazine rings is 1. The summed E-state index contributed by atoms with van der Waals surface area (Å²) >= 11 is 1.33. The predicted octanol–water partition coefficient (Wildman–Crippen LogP) is 3.25. The third-order valence-corrected chi connectivity index (χ3v) is 6.85. The smallest absolute Gasteiger partial charge is 0.263 e. The van der Waals surface area contributed by atoms with Crippen molar-refractivity contribution in [3.63, 3.8) is 0 Å². The molecule has 0 unspecified atom stereocenters. The van der Waals surface area contributed by atoms with Crippen LogP contribution in [0.4, 0.5) is 4.39 Å². The number of aromatic nitrogens is 2. The maximum Gasteiger partial charge on any atom is 0.263 e. The summed E-state index contributed by atoms with van der Waals surface area (Å²) in [6.45, 7) is 1.55. The Morgan fingerprint density at radius 3 is 2.32 bits per heavy atom. The number of nitrogens with zero attached hydrogens (tertiary/aromatic N) is 4. The summed E-state index contributed by atoms with van der Waals surface area (Å²) in [7, 11) is 0. The van der Waals surface area contributed by atoms with Gasteiger partial charge in [0.2, 0.25) is 5.91 Å². The summed E-state index contributed by atoms with van der Waals surface area (Å²) in [5.41, 5.74) is 1.71. The number of hydrogen-bond acceptors (Lipinski definition) is 5. The van der Waals surface area contributed by atoms with Crippen LogP contribution in [-0.4, -0.2) is 57.3 Å². The van der Waals surface area contributed by atoms with Gasteiger partial charge < -0.3 is 9.80 Å². The maximum absolute atomic E-state index is 13.3. The summed E-state index contributed by atoms with van der Waals surface area (Å²) in [6, 6.07) is 15.0. The number of fused-ring (bicyclic) bond motifs is 1. The monoisotopic (exact) mass is 476 g/mol. The van der Waals surface area contributed by atoms with E-state index in [9.17, 15) is 18.8 Å². The van der Waals surface area contributed by atoms with Crippen molar-refractivity contribution in [2.45, 2.75) is 6.54 Å². The van der Waals surface area contributed by atoms with Crippen LogP contribution in [0.25, 0.3) is 21.3 Å². The summed E-state index contributed by atoms with van der Waals surface area (Å²) < 4.78 is 14.6. The van der Waals surface area contributed by atoms with Gasteiger partial charge in [0.25, 0.3) is 11.5 Å². The van der Waals surface area contributed by atoms with Gasteiger partial charge in [-0.1, -0.05) is 30.3 Å². The summed E-state index contributed by atoms with van der Waals surface area (Å²) in [6.07, 6.45) is 1.39. The number of thiophene rings is 1. The molecule has 2 amide bonds. The van der Waals surface area contributed by atoms with Crippen molar-refractivity contribution < 1.29 is 14.0 Å². The number of carbonyl (C=O) groups excluding carboxylic acids is 2. The Labute approximate surface area is 198 Å². The molecule has 0 N–H and O–H groups in total. The quantitative estimate of drug-likeness (QED) is 0.453. The maximum atomic E-state index is 13.3. The first-order chi connectivity index (χ1) is 16.5. The molecule has 0 radical (unpaired) electrons. The van der Waals surface area contributed by atoms with E-state index >= 15 is 0 Å². The lowest BCUT2D eigenvalue weighted by molar-refractivity contribution is -0.133. The molecule has 4 aromatic rings. The molecule has 5 rings (SSSR count). The third-order valence-electron chi connectivity index (χ3n) is 5.96. The van der Waals surface area contributed by atoms with Crippen LogP contribution in [0.2, 0.25) is 0 Å². The average Bonchev–Trinajstić information content (AvgIpc) is 3.31. The first-order valence-corrected chi connectivity index (χ1v) is 11.7. The molecule has 1 fully saturated rings. The van der Waals surface area contributed by atoms with Crippen molar-refractivity contribution in [3.05, 3.63) is 88.0 Å². The number of amides is 2. The summed E-state index contributed by atoms with van der Waals surface area (Å²) in [5, 5.41) is 2.24. The van der Waals surface area contributed by atoms with Crippen LogP contribution in [-0.2, 0) is 11.3 Å². The van der Waals surface area contributed by atoms with E-state index in [0.29, 0.717) is 47.5 Å². The molecule has 2 aromatic carbocycles. The zero-order valence-corrected chi connectivity index (χ0v) is 19.0. The number of hydrogen-bond donors (Lipinski definition) is 0. The Morgan fingerprint density at radius 2 is 1.62 bits per heavy atom. The van der Waals surface area contributed by atoms with Crippen molar-refractivity contribution in [2.24, 2.45) is 0 Å². The molecule has 1 aliphatic heterocycles. The molecule has 1 aliphatic rings. The summed E-state index contributed by atoms with van der Waals surface area (Å²) in [4.78, 5) is 47.1. The van der Waals surface area contributed by atoms with Crippen molar-refractivity contribution >= 4 is 33.4 Å². The van der Waals surface area contributed by atoms with Gasteiger partial charge in [0.1, 0.15) is 17.2 Å². The van der Waals surface area contributed by atoms with Crippen LogP contribution in [0.3, 0.4) is 0 Å². The van der Waals surface area contributed by atoms with E-state index in [1.807, 2.05) is 23.6 Å². The molecule has 0 aliphatic carbocycles. The van der Waals surface area contributed by atoms with E-state index in [1.165, 1.54) is 34.4 Å². The largest absolute Gasteiger partial charge is 0.338 e. The number of benzene rings is 2. The molecule has 0 bridgehead atoms. The molecular weight excluding hydrogens is 455 g/mol. The molecule has 2 aromatic heterocycles. The Morgan fingerprint density at radius 1 is 0.941 bits per heavy atom. The predicted molar refractivity (Wildman–Crippen MR) is 128 cm³/mol. The Hall–Kier alpha value is -3.85. The minimum absolute atomic E-state index is 0.0515. The van der Waals surface area contributed by atoms with Gasteiger partial charge in [0.05, 0.1) is 11.7 Å². The lowest BCUT2D eigenvalue weighted by Gasteiger charge is -2.35. The third kappa shape index (κ3) is 4.22. The second-order valence-electron chi connectivity index (χ2n) is 8.05. The van der Waals surface area contributed by atoms with E-state index in [1.54, 1.807) is 34.1 Å². The van der Waals surface area contributed by atoms with E-state index in [2.05, 4.69) is 4.98 Å². The molecule has 0 atom stereocenters. The van der Waals surface area contributed by atoms with Crippen LogP contribution in [0.1, 0.15) is 10.4 Å². The van der Waals surface area contributed by atoms with Crippen molar-refractivity contribution in [2.75, 3.05) is 26.2 Å². The van der Waals surface area contributed by atoms with E-state index in [4.69, 9.17) is 0 Å². The van der Waals surface area contributed by atoms with Gasteiger partial charge in [-0.3, -0.25) is 19.0 Å². The van der Waals surface area contributed by atoms with Gasteiger partial charge in [0.15, 0.2) is 0 Å². The highest BCUT2D eigenvalue weighted by atomic mass is 32.1. The molecule has 9 heteroatoms. The fourth-order valence-electron chi connectivity index (χ4n) is 4.09. The Kier molecular flexibility index (Phi) is 5.93. The first-order valence-electron chi connectivity index (χ1n) is 10.9. The second-order valence-corrected chi connectivity index (χ2v) is 8.91. The molecule has 0 spiro atoms. The SMILES string of the molecule is O=C(Cn1cnc2scc(-c3ccc(F)cc3)c2c1=O)N1CCN(C(=O)c2ccccc2)CC1. The lowest BCUT2D eigenvalue weighted by atomic mass is 10.1. The van der Waals surface area contributed by atoms with E-state index in [-0.39, 0.29) is 29.7 Å². The molecule has 3 heterocycles. The van der Waals surface area contributed by atoms with Crippen LogP contribution in [0.15, 0.2) is 71.1 Å². The van der Waals surface area contributed by atoms with Crippen LogP contribution < -0.4 is 5.56 Å². The highest BCUT2D eigenvalue weighted by molar-refractivity contribution is 7.17. The summed E-state index contributed by atoms with van der Waals surface area (Å²) in [5.74, 6) is -0.604. The minimum atomic E-state index is -0.352. The molecule has 172 valence electrons. The van der Waals surface area contributed by atoms with Gasteiger partial charge in [0, 0.05) is 42.7 Å². The van der Waals surface area contributed by atoms with Crippen molar-refractivity contribution in [3.8, 4) is 11.1 Å². The molecule has 34 heavy (non-hydrogen) atoms.